The summed E-state index contributed by atoms with van der Waals surface area (Å²) in [5.41, 5.74) is 0.264. The van der Waals surface area contributed by atoms with Crippen LogP contribution in [-0.4, -0.2) is 7.11 Å². The van der Waals surface area contributed by atoms with E-state index in [1.807, 2.05) is 31.2 Å². The second-order valence-corrected chi connectivity index (χ2v) is 4.81. The van der Waals surface area contributed by atoms with Gasteiger partial charge in [0.2, 0.25) is 0 Å². The standard InChI is InChI=1S/C17H17F3O2/c1-3-16(12-4-8-14(21-2)9-5-12)22-15-10-6-13(7-11-15)17(18,19)20/h4-11,16H,3H2,1-2H3. The summed E-state index contributed by atoms with van der Waals surface area (Å²) in [5.74, 6) is 1.16. The van der Waals surface area contributed by atoms with Gasteiger partial charge in [0.05, 0.1) is 12.7 Å². The van der Waals surface area contributed by atoms with Gasteiger partial charge in [0.25, 0.3) is 0 Å². The van der Waals surface area contributed by atoms with E-state index in [1.165, 1.54) is 12.1 Å². The average molecular weight is 310 g/mol. The third-order valence-corrected chi connectivity index (χ3v) is 3.32. The first kappa shape index (κ1) is 16.2. The highest BCUT2D eigenvalue weighted by Crippen LogP contribution is 2.32. The van der Waals surface area contributed by atoms with Gasteiger partial charge < -0.3 is 9.47 Å². The zero-order valence-corrected chi connectivity index (χ0v) is 12.4. The van der Waals surface area contributed by atoms with Crippen molar-refractivity contribution < 1.29 is 22.6 Å². The van der Waals surface area contributed by atoms with Crippen molar-refractivity contribution in [2.24, 2.45) is 0 Å². The van der Waals surface area contributed by atoms with Crippen LogP contribution in [0.5, 0.6) is 11.5 Å². The van der Waals surface area contributed by atoms with Gasteiger partial charge >= 0.3 is 6.18 Å². The van der Waals surface area contributed by atoms with Crippen molar-refractivity contribution in [2.45, 2.75) is 25.6 Å². The van der Waals surface area contributed by atoms with Crippen LogP contribution in [0.4, 0.5) is 13.2 Å². The van der Waals surface area contributed by atoms with Gasteiger partial charge in [-0.05, 0) is 48.4 Å². The maximum atomic E-state index is 12.5. The molecule has 1 atom stereocenters. The minimum absolute atomic E-state index is 0.220. The number of hydrogen-bond donors (Lipinski definition) is 0. The van der Waals surface area contributed by atoms with E-state index >= 15 is 0 Å². The van der Waals surface area contributed by atoms with Gasteiger partial charge in [-0.1, -0.05) is 19.1 Å². The molecule has 2 aromatic rings. The van der Waals surface area contributed by atoms with Crippen LogP contribution < -0.4 is 9.47 Å². The van der Waals surface area contributed by atoms with E-state index in [-0.39, 0.29) is 6.10 Å². The van der Waals surface area contributed by atoms with Crippen molar-refractivity contribution in [3.05, 3.63) is 59.7 Å². The summed E-state index contributed by atoms with van der Waals surface area (Å²) in [6, 6.07) is 12.2. The number of rotatable bonds is 5. The molecule has 2 aromatic carbocycles. The molecular formula is C17H17F3O2. The van der Waals surface area contributed by atoms with Gasteiger partial charge in [-0.3, -0.25) is 0 Å². The van der Waals surface area contributed by atoms with Crippen LogP contribution in [0.25, 0.3) is 0 Å². The molecule has 118 valence electrons. The van der Waals surface area contributed by atoms with Crippen molar-refractivity contribution in [2.75, 3.05) is 7.11 Å². The van der Waals surface area contributed by atoms with Crippen LogP contribution in [0.3, 0.4) is 0 Å². The van der Waals surface area contributed by atoms with Gasteiger partial charge in [0.1, 0.15) is 17.6 Å². The summed E-state index contributed by atoms with van der Waals surface area (Å²) >= 11 is 0. The van der Waals surface area contributed by atoms with Crippen LogP contribution in [0.1, 0.15) is 30.6 Å². The summed E-state index contributed by atoms with van der Waals surface area (Å²) in [7, 11) is 1.59. The summed E-state index contributed by atoms with van der Waals surface area (Å²) < 4.78 is 48.5. The van der Waals surface area contributed by atoms with Crippen molar-refractivity contribution in [3.8, 4) is 11.5 Å². The monoisotopic (exact) mass is 310 g/mol. The van der Waals surface area contributed by atoms with E-state index in [2.05, 4.69) is 0 Å². The summed E-state index contributed by atoms with van der Waals surface area (Å²) in [6.45, 7) is 1.96. The number of hydrogen-bond acceptors (Lipinski definition) is 2. The Morgan fingerprint density at radius 3 is 1.91 bits per heavy atom. The fourth-order valence-electron chi connectivity index (χ4n) is 2.09. The van der Waals surface area contributed by atoms with Crippen LogP contribution in [-0.2, 0) is 6.18 Å². The second kappa shape index (κ2) is 6.73. The molecule has 0 heterocycles. The molecule has 0 fully saturated rings. The molecule has 0 spiro atoms. The molecule has 0 amide bonds. The zero-order valence-electron chi connectivity index (χ0n) is 12.4. The van der Waals surface area contributed by atoms with Crippen LogP contribution in [0.2, 0.25) is 0 Å². The number of methoxy groups -OCH3 is 1. The molecule has 0 saturated heterocycles. The zero-order chi connectivity index (χ0) is 16.2. The Labute approximate surface area is 127 Å². The van der Waals surface area contributed by atoms with E-state index in [4.69, 9.17) is 9.47 Å². The molecular weight excluding hydrogens is 293 g/mol. The van der Waals surface area contributed by atoms with Gasteiger partial charge in [-0.15, -0.1) is 0 Å². The molecule has 2 nitrogen and oxygen atoms in total. The predicted molar refractivity (Wildman–Crippen MR) is 78.1 cm³/mol. The van der Waals surface area contributed by atoms with Crippen LogP contribution >= 0.6 is 0 Å². The number of alkyl halides is 3. The molecule has 0 radical (unpaired) electrons. The van der Waals surface area contributed by atoms with E-state index in [0.29, 0.717) is 12.2 Å². The second-order valence-electron chi connectivity index (χ2n) is 4.81. The Bertz CT molecular complexity index is 589. The molecule has 22 heavy (non-hydrogen) atoms. The fraction of sp³-hybridized carbons (Fsp3) is 0.294. The molecule has 0 bridgehead atoms. The molecule has 2 rings (SSSR count). The van der Waals surface area contributed by atoms with E-state index < -0.39 is 11.7 Å². The average Bonchev–Trinajstić information content (AvgIpc) is 2.52. The Hall–Kier alpha value is -2.17. The molecule has 0 aliphatic rings. The van der Waals surface area contributed by atoms with E-state index in [1.54, 1.807) is 7.11 Å². The Morgan fingerprint density at radius 1 is 0.909 bits per heavy atom. The van der Waals surface area contributed by atoms with Gasteiger partial charge in [0, 0.05) is 0 Å². The Balaban J connectivity index is 2.12. The minimum Gasteiger partial charge on any atom is -0.497 e. The highest BCUT2D eigenvalue weighted by molar-refractivity contribution is 5.32. The number of halogens is 3. The quantitative estimate of drug-likeness (QED) is 0.751. The summed E-state index contributed by atoms with van der Waals surface area (Å²) in [5, 5.41) is 0. The van der Waals surface area contributed by atoms with Crippen molar-refractivity contribution in [1.29, 1.82) is 0 Å². The Morgan fingerprint density at radius 2 is 1.45 bits per heavy atom. The molecule has 0 aliphatic heterocycles. The normalized spacial score (nSPS) is 12.8. The van der Waals surface area contributed by atoms with Crippen molar-refractivity contribution in [3.63, 3.8) is 0 Å². The number of ether oxygens (including phenoxy) is 2. The maximum Gasteiger partial charge on any atom is 0.416 e. The smallest absolute Gasteiger partial charge is 0.416 e. The molecule has 0 saturated carbocycles. The summed E-state index contributed by atoms with van der Waals surface area (Å²) in [4.78, 5) is 0. The maximum absolute atomic E-state index is 12.5. The highest BCUT2D eigenvalue weighted by Gasteiger charge is 2.30. The van der Waals surface area contributed by atoms with Gasteiger partial charge in [0.15, 0.2) is 0 Å². The van der Waals surface area contributed by atoms with Gasteiger partial charge in [-0.25, -0.2) is 0 Å². The van der Waals surface area contributed by atoms with Crippen molar-refractivity contribution >= 4 is 0 Å². The van der Waals surface area contributed by atoms with Crippen LogP contribution in [0, 0.1) is 0 Å². The van der Waals surface area contributed by atoms with Gasteiger partial charge in [-0.2, -0.15) is 13.2 Å². The number of benzene rings is 2. The van der Waals surface area contributed by atoms with E-state index in [0.717, 1.165) is 23.4 Å². The lowest BCUT2D eigenvalue weighted by atomic mass is 10.1. The molecule has 1 unspecified atom stereocenters. The first-order valence-corrected chi connectivity index (χ1v) is 6.92. The third kappa shape index (κ3) is 3.93. The van der Waals surface area contributed by atoms with Crippen molar-refractivity contribution in [1.82, 2.24) is 0 Å². The molecule has 0 aromatic heterocycles. The van der Waals surface area contributed by atoms with Crippen LogP contribution in [0.15, 0.2) is 48.5 Å². The lowest BCUT2D eigenvalue weighted by molar-refractivity contribution is -0.137. The Kier molecular flexibility index (Phi) is 4.96. The first-order chi connectivity index (χ1) is 10.4. The minimum atomic E-state index is -4.33. The third-order valence-electron chi connectivity index (χ3n) is 3.32. The predicted octanol–water partition coefficient (Wildman–Crippen LogP) is 5.24. The lowest BCUT2D eigenvalue weighted by Gasteiger charge is -2.18. The molecule has 0 N–H and O–H groups in total. The molecule has 0 aliphatic carbocycles. The topological polar surface area (TPSA) is 18.5 Å². The first-order valence-electron chi connectivity index (χ1n) is 6.92. The SMILES string of the molecule is CCC(Oc1ccc(C(F)(F)F)cc1)c1ccc(OC)cc1. The fourth-order valence-corrected chi connectivity index (χ4v) is 2.09. The van der Waals surface area contributed by atoms with E-state index in [9.17, 15) is 13.2 Å². The highest BCUT2D eigenvalue weighted by atomic mass is 19.4. The molecule has 5 heteroatoms. The largest absolute Gasteiger partial charge is 0.497 e. The lowest BCUT2D eigenvalue weighted by Crippen LogP contribution is -2.07. The summed E-state index contributed by atoms with van der Waals surface area (Å²) in [6.07, 6.45) is -3.85.